The van der Waals surface area contributed by atoms with Crippen LogP contribution in [-0.2, 0) is 30.9 Å². The molecule has 1 aliphatic rings. The molecule has 0 atom stereocenters. The van der Waals surface area contributed by atoms with E-state index < -0.39 is 21.6 Å². The number of carbonyl (C=O) groups is 1. The Morgan fingerprint density at radius 1 is 1.11 bits per heavy atom. The third-order valence-corrected chi connectivity index (χ3v) is 7.46. The van der Waals surface area contributed by atoms with Crippen molar-refractivity contribution in [2.75, 3.05) is 33.4 Å². The first-order chi connectivity index (χ1) is 16.8. The highest BCUT2D eigenvalue weighted by molar-refractivity contribution is 7.89. The van der Waals surface area contributed by atoms with Crippen LogP contribution < -0.4 is 10.4 Å². The molecule has 1 saturated heterocycles. The summed E-state index contributed by atoms with van der Waals surface area (Å²) >= 11 is 0. The molecule has 0 saturated carbocycles. The van der Waals surface area contributed by atoms with Gasteiger partial charge < -0.3 is 18.6 Å². The Balaban J connectivity index is 1.50. The van der Waals surface area contributed by atoms with E-state index in [0.717, 1.165) is 5.56 Å². The normalized spacial score (nSPS) is 14.9. The number of aryl methyl sites for hydroxylation is 1. The number of benzene rings is 2. The molecule has 2 aromatic carbocycles. The van der Waals surface area contributed by atoms with Crippen LogP contribution >= 0.6 is 0 Å². The van der Waals surface area contributed by atoms with Crippen molar-refractivity contribution in [1.29, 1.82) is 0 Å². The van der Waals surface area contributed by atoms with Crippen molar-refractivity contribution in [3.63, 3.8) is 0 Å². The van der Waals surface area contributed by atoms with E-state index in [9.17, 15) is 18.0 Å². The Labute approximate surface area is 202 Å². The molecule has 2 heterocycles. The lowest BCUT2D eigenvalue weighted by Gasteiger charge is -2.26. The third kappa shape index (κ3) is 5.61. The summed E-state index contributed by atoms with van der Waals surface area (Å²) < 4.78 is 48.6. The van der Waals surface area contributed by atoms with E-state index in [0.29, 0.717) is 35.3 Å². The molecule has 3 aromatic rings. The molecular formula is C25H25NO8S. The van der Waals surface area contributed by atoms with E-state index in [1.165, 1.54) is 41.8 Å². The molecule has 0 N–H and O–H groups in total. The lowest BCUT2D eigenvalue weighted by atomic mass is 10.1. The van der Waals surface area contributed by atoms with E-state index >= 15 is 0 Å². The van der Waals surface area contributed by atoms with Crippen molar-refractivity contribution < 1.29 is 31.8 Å². The number of fused-ring (bicyclic) bond motifs is 1. The number of nitrogens with zero attached hydrogens (tertiary/aromatic N) is 1. The zero-order valence-corrected chi connectivity index (χ0v) is 20.2. The van der Waals surface area contributed by atoms with Crippen LogP contribution in [0.15, 0.2) is 62.6 Å². The molecular weight excluding hydrogens is 474 g/mol. The lowest BCUT2D eigenvalue weighted by molar-refractivity contribution is -0.138. The number of hydrogen-bond acceptors (Lipinski definition) is 8. The fraction of sp³-hybridized carbons (Fsp3) is 0.280. The Bertz CT molecular complexity index is 1440. The summed E-state index contributed by atoms with van der Waals surface area (Å²) in [4.78, 5) is 24.2. The lowest BCUT2D eigenvalue weighted by Crippen LogP contribution is -2.40. The van der Waals surface area contributed by atoms with Crippen LogP contribution in [0.1, 0.15) is 16.7 Å². The number of morpholine rings is 1. The quantitative estimate of drug-likeness (QED) is 0.277. The molecule has 1 aromatic heterocycles. The molecule has 0 unspecified atom stereocenters. The molecule has 35 heavy (non-hydrogen) atoms. The maximum atomic E-state index is 13.1. The van der Waals surface area contributed by atoms with Gasteiger partial charge in [0.25, 0.3) is 0 Å². The van der Waals surface area contributed by atoms with Crippen molar-refractivity contribution in [2.24, 2.45) is 0 Å². The predicted molar refractivity (Wildman–Crippen MR) is 129 cm³/mol. The van der Waals surface area contributed by atoms with Crippen LogP contribution in [0.5, 0.6) is 5.75 Å². The van der Waals surface area contributed by atoms with Gasteiger partial charge in [-0.15, -0.1) is 0 Å². The molecule has 9 nitrogen and oxygen atoms in total. The van der Waals surface area contributed by atoms with Crippen molar-refractivity contribution in [1.82, 2.24) is 4.31 Å². The fourth-order valence-electron chi connectivity index (χ4n) is 3.74. The molecule has 4 rings (SSSR count). The van der Waals surface area contributed by atoms with Gasteiger partial charge in [0.1, 0.15) is 22.8 Å². The van der Waals surface area contributed by atoms with Gasteiger partial charge in [0.2, 0.25) is 10.0 Å². The van der Waals surface area contributed by atoms with Gasteiger partial charge in [-0.05, 0) is 42.3 Å². The van der Waals surface area contributed by atoms with E-state index in [4.69, 9.17) is 18.6 Å². The number of methoxy groups -OCH3 is 1. The maximum Gasteiger partial charge on any atom is 0.336 e. The second kappa shape index (κ2) is 10.4. The molecule has 184 valence electrons. The van der Waals surface area contributed by atoms with Gasteiger partial charge in [0.05, 0.1) is 20.3 Å². The van der Waals surface area contributed by atoms with Gasteiger partial charge in [0.15, 0.2) is 0 Å². The molecule has 0 amide bonds. The maximum absolute atomic E-state index is 13.1. The topological polar surface area (TPSA) is 112 Å². The summed E-state index contributed by atoms with van der Waals surface area (Å²) in [7, 11) is -2.40. The summed E-state index contributed by atoms with van der Waals surface area (Å²) in [5, 5.41) is 0.681. The Hall–Kier alpha value is -3.47. The highest BCUT2D eigenvalue weighted by Crippen LogP contribution is 2.29. The summed E-state index contributed by atoms with van der Waals surface area (Å²) in [6.07, 6.45) is 2.66. The van der Waals surface area contributed by atoms with Crippen LogP contribution in [0.25, 0.3) is 17.0 Å². The monoisotopic (exact) mass is 499 g/mol. The van der Waals surface area contributed by atoms with Crippen LogP contribution in [0.3, 0.4) is 0 Å². The molecule has 0 aliphatic carbocycles. The van der Waals surface area contributed by atoms with Crippen molar-refractivity contribution in [3.05, 3.63) is 75.7 Å². The first-order valence-electron chi connectivity index (χ1n) is 10.9. The van der Waals surface area contributed by atoms with Gasteiger partial charge in [0, 0.05) is 36.2 Å². The summed E-state index contributed by atoms with van der Waals surface area (Å²) in [6.45, 7) is 2.92. The molecule has 0 radical (unpaired) electrons. The third-order valence-electron chi connectivity index (χ3n) is 5.54. The van der Waals surface area contributed by atoms with Gasteiger partial charge in [-0.3, -0.25) is 0 Å². The Morgan fingerprint density at radius 3 is 2.63 bits per heavy atom. The smallest absolute Gasteiger partial charge is 0.336 e. The van der Waals surface area contributed by atoms with Gasteiger partial charge in [-0.1, -0.05) is 18.2 Å². The minimum atomic E-state index is -3.80. The van der Waals surface area contributed by atoms with Gasteiger partial charge >= 0.3 is 11.6 Å². The summed E-state index contributed by atoms with van der Waals surface area (Å²) in [5.74, 6) is -0.437. The predicted octanol–water partition coefficient (Wildman–Crippen LogP) is 2.89. The summed E-state index contributed by atoms with van der Waals surface area (Å²) in [6, 6.07) is 11.3. The number of sulfonamides is 1. The first-order valence-corrected chi connectivity index (χ1v) is 12.4. The highest BCUT2D eigenvalue weighted by atomic mass is 32.2. The van der Waals surface area contributed by atoms with Crippen molar-refractivity contribution >= 4 is 33.0 Å². The van der Waals surface area contributed by atoms with Gasteiger partial charge in [-0.25, -0.2) is 18.0 Å². The van der Waals surface area contributed by atoms with E-state index in [1.807, 2.05) is 13.0 Å². The molecule has 10 heteroatoms. The van der Waals surface area contributed by atoms with E-state index in [1.54, 1.807) is 18.2 Å². The van der Waals surface area contributed by atoms with Gasteiger partial charge in [-0.2, -0.15) is 4.31 Å². The standard InChI is InChI=1S/C25H25NO8S/c1-17-3-6-20-19(15-25(28)34-22(20)13-17)16-33-24(27)8-5-18-4-7-21(31-2)23(14-18)35(29,30)26-9-11-32-12-10-26/h3-8,13-15H,9-12,16H2,1-2H3/b8-5+. The number of carbonyl (C=O) groups excluding carboxylic acids is 1. The zero-order chi connectivity index (χ0) is 25.0. The zero-order valence-electron chi connectivity index (χ0n) is 19.4. The number of ether oxygens (including phenoxy) is 3. The van der Waals surface area contributed by atoms with Crippen LogP contribution in [0, 0.1) is 6.92 Å². The minimum absolute atomic E-state index is 0.00944. The fourth-order valence-corrected chi connectivity index (χ4v) is 5.34. The molecule has 0 spiro atoms. The molecule has 1 aliphatic heterocycles. The number of esters is 1. The average Bonchev–Trinajstić information content (AvgIpc) is 2.86. The molecule has 1 fully saturated rings. The second-order valence-corrected chi connectivity index (χ2v) is 9.86. The van der Waals surface area contributed by atoms with E-state index in [2.05, 4.69) is 0 Å². The van der Waals surface area contributed by atoms with E-state index in [-0.39, 0.29) is 30.3 Å². The van der Waals surface area contributed by atoms with Crippen molar-refractivity contribution in [2.45, 2.75) is 18.4 Å². The van der Waals surface area contributed by atoms with Crippen molar-refractivity contribution in [3.8, 4) is 5.75 Å². The Morgan fingerprint density at radius 2 is 1.89 bits per heavy atom. The largest absolute Gasteiger partial charge is 0.495 e. The average molecular weight is 500 g/mol. The minimum Gasteiger partial charge on any atom is -0.495 e. The first kappa shape index (κ1) is 24.6. The van der Waals surface area contributed by atoms with Crippen LogP contribution in [0.2, 0.25) is 0 Å². The number of rotatable bonds is 7. The highest BCUT2D eigenvalue weighted by Gasteiger charge is 2.29. The summed E-state index contributed by atoms with van der Waals surface area (Å²) in [5.41, 5.74) is 1.84. The molecule has 0 bridgehead atoms. The van der Waals surface area contributed by atoms with Crippen LogP contribution in [0.4, 0.5) is 0 Å². The SMILES string of the molecule is COc1ccc(/C=C/C(=O)OCc2cc(=O)oc3cc(C)ccc23)cc1S(=O)(=O)N1CCOCC1. The van der Waals surface area contributed by atoms with Crippen LogP contribution in [-0.4, -0.2) is 52.1 Å². The number of hydrogen-bond donors (Lipinski definition) is 0. The second-order valence-electron chi connectivity index (χ2n) is 7.96. The Kier molecular flexibility index (Phi) is 7.34.